The van der Waals surface area contributed by atoms with Crippen LogP contribution < -0.4 is 0 Å². The molecule has 1 saturated heterocycles. The molecule has 0 radical (unpaired) electrons. The van der Waals surface area contributed by atoms with Crippen LogP contribution in [0.1, 0.15) is 46.6 Å². The molecule has 1 N–H and O–H groups in total. The lowest BCUT2D eigenvalue weighted by atomic mass is 9.93. The molecule has 126 valence electrons. The van der Waals surface area contributed by atoms with Crippen molar-refractivity contribution in [2.45, 2.75) is 24.7 Å². The largest absolute Gasteiger partial charge is 0.384 e. The van der Waals surface area contributed by atoms with Crippen LogP contribution in [-0.4, -0.2) is 52.8 Å². The minimum absolute atomic E-state index is 0.00214. The maximum Gasteiger partial charge on any atom is 0.274 e. The maximum absolute atomic E-state index is 12.8. The highest BCUT2D eigenvalue weighted by atomic mass is 16.5. The Morgan fingerprint density at radius 1 is 1.38 bits per heavy atom. The van der Waals surface area contributed by atoms with Gasteiger partial charge < -0.3 is 9.64 Å². The molecule has 2 aliphatic rings. The predicted molar refractivity (Wildman–Crippen MR) is 88.8 cm³/mol. The number of aromatic nitrogens is 3. The van der Waals surface area contributed by atoms with Crippen LogP contribution in [0.15, 0.2) is 30.5 Å². The summed E-state index contributed by atoms with van der Waals surface area (Å²) in [6, 6.07) is 7.85. The minimum Gasteiger partial charge on any atom is -0.384 e. The average Bonchev–Trinajstić information content (AvgIpc) is 3.19. The number of rotatable bonds is 5. The molecule has 2 fully saturated rings. The van der Waals surface area contributed by atoms with Crippen LogP contribution in [0.4, 0.5) is 0 Å². The number of aromatic amines is 1. The van der Waals surface area contributed by atoms with E-state index >= 15 is 0 Å². The van der Waals surface area contributed by atoms with Gasteiger partial charge in [-0.1, -0.05) is 6.07 Å². The third-order valence-electron chi connectivity index (χ3n) is 5.01. The zero-order valence-corrected chi connectivity index (χ0v) is 13.8. The van der Waals surface area contributed by atoms with Crippen molar-refractivity contribution in [3.8, 4) is 0 Å². The Balaban J connectivity index is 1.51. The van der Waals surface area contributed by atoms with Gasteiger partial charge in [-0.15, -0.1) is 0 Å². The molecule has 4 rings (SSSR count). The Morgan fingerprint density at radius 3 is 2.96 bits per heavy atom. The summed E-state index contributed by atoms with van der Waals surface area (Å²) < 4.78 is 5.37. The predicted octanol–water partition coefficient (Wildman–Crippen LogP) is 2.18. The van der Waals surface area contributed by atoms with Gasteiger partial charge in [-0.3, -0.25) is 14.9 Å². The van der Waals surface area contributed by atoms with Crippen LogP contribution in [0.3, 0.4) is 0 Å². The monoisotopic (exact) mass is 326 g/mol. The van der Waals surface area contributed by atoms with E-state index in [2.05, 4.69) is 15.2 Å². The van der Waals surface area contributed by atoms with E-state index in [1.165, 1.54) is 12.8 Å². The van der Waals surface area contributed by atoms with E-state index in [9.17, 15) is 4.79 Å². The lowest BCUT2D eigenvalue weighted by Crippen LogP contribution is -2.29. The number of methoxy groups -OCH3 is 1. The van der Waals surface area contributed by atoms with Crippen molar-refractivity contribution >= 4 is 5.91 Å². The Bertz CT molecular complexity index is 711. The summed E-state index contributed by atoms with van der Waals surface area (Å²) >= 11 is 0. The molecule has 1 aliphatic carbocycles. The molecule has 0 unspecified atom stereocenters. The molecule has 1 amide bonds. The second-order valence-corrected chi connectivity index (χ2v) is 6.77. The summed E-state index contributed by atoms with van der Waals surface area (Å²) in [6.45, 7) is 1.97. The van der Waals surface area contributed by atoms with Crippen LogP contribution in [0.2, 0.25) is 0 Å². The number of carbonyl (C=O) groups excluding carboxylic acids is 1. The van der Waals surface area contributed by atoms with Gasteiger partial charge >= 0.3 is 0 Å². The molecule has 2 atom stereocenters. The smallest absolute Gasteiger partial charge is 0.274 e. The maximum atomic E-state index is 12.8. The number of ether oxygens (including phenoxy) is 1. The van der Waals surface area contributed by atoms with Gasteiger partial charge in [0.25, 0.3) is 5.91 Å². The second kappa shape index (κ2) is 6.36. The van der Waals surface area contributed by atoms with E-state index in [1.54, 1.807) is 13.3 Å². The molecule has 1 aliphatic heterocycles. The molecule has 1 saturated carbocycles. The van der Waals surface area contributed by atoms with E-state index < -0.39 is 0 Å². The van der Waals surface area contributed by atoms with Crippen molar-refractivity contribution in [1.29, 1.82) is 0 Å². The van der Waals surface area contributed by atoms with Gasteiger partial charge in [-0.2, -0.15) is 5.10 Å². The number of nitrogens with one attached hydrogen (secondary N) is 1. The van der Waals surface area contributed by atoms with Crippen molar-refractivity contribution < 1.29 is 9.53 Å². The van der Waals surface area contributed by atoms with Crippen LogP contribution in [0.5, 0.6) is 0 Å². The van der Waals surface area contributed by atoms with Crippen molar-refractivity contribution in [3.63, 3.8) is 0 Å². The van der Waals surface area contributed by atoms with E-state index in [-0.39, 0.29) is 17.7 Å². The molecular formula is C18H22N4O2. The first-order valence-electron chi connectivity index (χ1n) is 8.50. The van der Waals surface area contributed by atoms with Gasteiger partial charge in [0.2, 0.25) is 0 Å². The number of likely N-dealkylation sites (tertiary alicyclic amines) is 1. The van der Waals surface area contributed by atoms with Gasteiger partial charge in [-0.25, -0.2) is 0 Å². The van der Waals surface area contributed by atoms with E-state index in [0.717, 1.165) is 11.4 Å². The van der Waals surface area contributed by atoms with Crippen molar-refractivity contribution in [1.82, 2.24) is 20.1 Å². The zero-order chi connectivity index (χ0) is 16.5. The lowest BCUT2D eigenvalue weighted by Gasteiger charge is -2.16. The Hall–Kier alpha value is -2.21. The van der Waals surface area contributed by atoms with Gasteiger partial charge in [0.1, 0.15) is 5.69 Å². The Morgan fingerprint density at radius 2 is 2.25 bits per heavy atom. The number of carbonyl (C=O) groups is 1. The van der Waals surface area contributed by atoms with Crippen LogP contribution in [0, 0.1) is 5.92 Å². The second-order valence-electron chi connectivity index (χ2n) is 6.77. The molecule has 0 spiro atoms. The van der Waals surface area contributed by atoms with Gasteiger partial charge in [0, 0.05) is 55.5 Å². The Kier molecular flexibility index (Phi) is 4.06. The highest BCUT2D eigenvalue weighted by molar-refractivity contribution is 5.92. The van der Waals surface area contributed by atoms with E-state index in [0.29, 0.717) is 31.3 Å². The summed E-state index contributed by atoms with van der Waals surface area (Å²) in [5.74, 6) is 1.03. The summed E-state index contributed by atoms with van der Waals surface area (Å²) in [6.07, 6.45) is 4.19. The first-order valence-corrected chi connectivity index (χ1v) is 8.50. The van der Waals surface area contributed by atoms with Crippen molar-refractivity contribution in [3.05, 3.63) is 47.5 Å². The quantitative estimate of drug-likeness (QED) is 0.914. The topological polar surface area (TPSA) is 71.1 Å². The Labute approximate surface area is 141 Å². The third-order valence-corrected chi connectivity index (χ3v) is 5.01. The third kappa shape index (κ3) is 2.94. The van der Waals surface area contributed by atoms with Crippen LogP contribution in [-0.2, 0) is 4.74 Å². The fraction of sp³-hybridized carbons (Fsp3) is 0.500. The van der Waals surface area contributed by atoms with Gasteiger partial charge in [0.15, 0.2) is 0 Å². The molecule has 24 heavy (non-hydrogen) atoms. The zero-order valence-electron chi connectivity index (χ0n) is 13.8. The molecule has 6 nitrogen and oxygen atoms in total. The summed E-state index contributed by atoms with van der Waals surface area (Å²) in [7, 11) is 1.70. The molecule has 2 aromatic heterocycles. The van der Waals surface area contributed by atoms with E-state index in [1.807, 2.05) is 29.2 Å². The fourth-order valence-corrected chi connectivity index (χ4v) is 3.56. The van der Waals surface area contributed by atoms with Gasteiger partial charge in [0.05, 0.1) is 6.61 Å². The summed E-state index contributed by atoms with van der Waals surface area (Å²) in [5.41, 5.74) is 2.64. The number of hydrogen-bond donors (Lipinski definition) is 1. The minimum atomic E-state index is -0.00214. The summed E-state index contributed by atoms with van der Waals surface area (Å²) in [5, 5.41) is 7.24. The van der Waals surface area contributed by atoms with Gasteiger partial charge in [-0.05, 0) is 31.0 Å². The molecule has 0 aromatic carbocycles. The number of H-pyrrole nitrogens is 1. The number of pyridine rings is 1. The van der Waals surface area contributed by atoms with Crippen LogP contribution in [0.25, 0.3) is 0 Å². The van der Waals surface area contributed by atoms with Crippen molar-refractivity contribution in [2.75, 3.05) is 26.8 Å². The van der Waals surface area contributed by atoms with Crippen LogP contribution >= 0.6 is 0 Å². The highest BCUT2D eigenvalue weighted by Gasteiger charge is 2.38. The highest BCUT2D eigenvalue weighted by Crippen LogP contribution is 2.39. The normalized spacial score (nSPS) is 23.6. The lowest BCUT2D eigenvalue weighted by molar-refractivity contribution is 0.0769. The van der Waals surface area contributed by atoms with Crippen molar-refractivity contribution in [2.24, 2.45) is 5.92 Å². The standard InChI is InChI=1S/C18H22N4O2/c1-24-11-13-9-22(10-14(13)15-4-2-3-7-19-15)18(23)17-8-16(20-21-17)12-5-6-12/h2-4,7-8,12-14H,5-6,9-11H2,1H3,(H,20,21)/t13-,14+/m0/s1. The molecule has 2 aromatic rings. The number of nitrogens with zero attached hydrogens (tertiary/aromatic N) is 3. The molecule has 3 heterocycles. The number of hydrogen-bond acceptors (Lipinski definition) is 4. The number of amides is 1. The van der Waals surface area contributed by atoms with E-state index in [4.69, 9.17) is 4.74 Å². The molecule has 0 bridgehead atoms. The molecule has 6 heteroatoms. The first-order chi connectivity index (χ1) is 11.8. The molecular weight excluding hydrogens is 304 g/mol. The average molecular weight is 326 g/mol. The first kappa shape index (κ1) is 15.3. The summed E-state index contributed by atoms with van der Waals surface area (Å²) in [4.78, 5) is 19.2. The fourth-order valence-electron chi connectivity index (χ4n) is 3.56. The SMILES string of the molecule is COC[C@@H]1CN(C(=O)c2cc(C3CC3)[nH]n2)C[C@H]1c1ccccn1.